The first-order valence-electron chi connectivity index (χ1n) is 7.53. The van der Waals surface area contributed by atoms with Gasteiger partial charge in [0.2, 0.25) is 5.91 Å². The van der Waals surface area contributed by atoms with Crippen molar-refractivity contribution >= 4 is 40.2 Å². The fraction of sp³-hybridized carbons (Fsp3) is 0.500. The molecule has 0 radical (unpaired) electrons. The van der Waals surface area contributed by atoms with Crippen LogP contribution in [0.4, 0.5) is 5.69 Å². The number of carbonyl (C=O) groups is 2. The van der Waals surface area contributed by atoms with Gasteiger partial charge in [-0.15, -0.1) is 0 Å². The first-order valence-corrected chi connectivity index (χ1v) is 8.60. The third-order valence-electron chi connectivity index (χ3n) is 3.60. The molecule has 6 heteroatoms. The largest absolute Gasteiger partial charge is 0.466 e. The van der Waals surface area contributed by atoms with Crippen LogP contribution in [0.2, 0.25) is 0 Å². The predicted molar refractivity (Wildman–Crippen MR) is 93.6 cm³/mol. The van der Waals surface area contributed by atoms with Crippen molar-refractivity contribution < 1.29 is 14.3 Å². The lowest BCUT2D eigenvalue weighted by atomic mass is 9.98. The summed E-state index contributed by atoms with van der Waals surface area (Å²) in [6.45, 7) is 3.96. The summed E-state index contributed by atoms with van der Waals surface area (Å²) >= 11 is 2.21. The summed E-state index contributed by atoms with van der Waals surface area (Å²) in [7, 11) is 0. The third-order valence-corrected chi connectivity index (χ3v) is 4.27. The van der Waals surface area contributed by atoms with Crippen molar-refractivity contribution in [1.29, 1.82) is 0 Å². The van der Waals surface area contributed by atoms with Crippen LogP contribution in [-0.4, -0.2) is 43.0 Å². The highest BCUT2D eigenvalue weighted by atomic mass is 127. The number of hydrogen-bond acceptors (Lipinski definition) is 4. The van der Waals surface area contributed by atoms with E-state index in [4.69, 9.17) is 4.74 Å². The van der Waals surface area contributed by atoms with E-state index in [2.05, 4.69) is 27.9 Å². The van der Waals surface area contributed by atoms with E-state index in [1.807, 2.05) is 36.1 Å². The lowest BCUT2D eigenvalue weighted by molar-refractivity contribution is -0.150. The molecule has 0 saturated carbocycles. The minimum Gasteiger partial charge on any atom is -0.466 e. The first kappa shape index (κ1) is 17.2. The number of likely N-dealkylation sites (tertiary alicyclic amines) is 1. The van der Waals surface area contributed by atoms with Gasteiger partial charge >= 0.3 is 5.97 Å². The van der Waals surface area contributed by atoms with E-state index in [0.717, 1.165) is 28.6 Å². The normalized spacial score (nSPS) is 18.7. The van der Waals surface area contributed by atoms with Gasteiger partial charge in [-0.2, -0.15) is 0 Å². The van der Waals surface area contributed by atoms with Gasteiger partial charge in [-0.3, -0.25) is 14.5 Å². The smallest absolute Gasteiger partial charge is 0.310 e. The Morgan fingerprint density at radius 3 is 3.00 bits per heavy atom. The second-order valence-electron chi connectivity index (χ2n) is 5.38. The topological polar surface area (TPSA) is 58.6 Å². The molecule has 1 fully saturated rings. The van der Waals surface area contributed by atoms with Gasteiger partial charge in [0, 0.05) is 15.8 Å². The lowest BCUT2D eigenvalue weighted by Crippen LogP contribution is -2.43. The maximum Gasteiger partial charge on any atom is 0.310 e. The minimum atomic E-state index is -0.148. The van der Waals surface area contributed by atoms with E-state index in [1.165, 1.54) is 0 Å². The number of carbonyl (C=O) groups excluding carboxylic acids is 2. The van der Waals surface area contributed by atoms with E-state index in [9.17, 15) is 9.59 Å². The van der Waals surface area contributed by atoms with Crippen molar-refractivity contribution in [2.45, 2.75) is 19.8 Å². The molecule has 0 unspecified atom stereocenters. The minimum absolute atomic E-state index is 0.0495. The second-order valence-corrected chi connectivity index (χ2v) is 6.63. The maximum absolute atomic E-state index is 12.1. The molecule has 1 aliphatic heterocycles. The van der Waals surface area contributed by atoms with E-state index in [-0.39, 0.29) is 17.8 Å². The van der Waals surface area contributed by atoms with E-state index in [1.54, 1.807) is 0 Å². The number of rotatable bonds is 5. The molecule has 1 aromatic carbocycles. The van der Waals surface area contributed by atoms with E-state index < -0.39 is 0 Å². The molecule has 0 aromatic heterocycles. The number of amides is 1. The molecule has 1 aliphatic rings. The second kappa shape index (κ2) is 8.47. The van der Waals surface area contributed by atoms with Gasteiger partial charge in [0.1, 0.15) is 0 Å². The average Bonchev–Trinajstić information content (AvgIpc) is 2.47. The van der Waals surface area contributed by atoms with Gasteiger partial charge < -0.3 is 10.1 Å². The van der Waals surface area contributed by atoms with Crippen LogP contribution in [0.25, 0.3) is 0 Å². The van der Waals surface area contributed by atoms with Crippen molar-refractivity contribution in [2.75, 3.05) is 31.6 Å². The molecule has 1 heterocycles. The van der Waals surface area contributed by atoms with Crippen molar-refractivity contribution in [3.05, 3.63) is 27.8 Å². The molecule has 2 rings (SSSR count). The monoisotopic (exact) mass is 416 g/mol. The number of ether oxygens (including phenoxy) is 1. The van der Waals surface area contributed by atoms with Crippen molar-refractivity contribution in [3.63, 3.8) is 0 Å². The van der Waals surface area contributed by atoms with Crippen LogP contribution in [0.5, 0.6) is 0 Å². The van der Waals surface area contributed by atoms with E-state index >= 15 is 0 Å². The Morgan fingerprint density at radius 2 is 2.27 bits per heavy atom. The molecule has 1 atom stereocenters. The van der Waals surface area contributed by atoms with E-state index in [0.29, 0.717) is 19.7 Å². The zero-order chi connectivity index (χ0) is 15.9. The Kier molecular flexibility index (Phi) is 6.63. The van der Waals surface area contributed by atoms with Crippen molar-refractivity contribution in [2.24, 2.45) is 5.92 Å². The molecule has 22 heavy (non-hydrogen) atoms. The summed E-state index contributed by atoms with van der Waals surface area (Å²) in [6, 6.07) is 7.69. The predicted octanol–water partition coefficient (Wildman–Crippen LogP) is 2.50. The fourth-order valence-electron chi connectivity index (χ4n) is 2.62. The van der Waals surface area contributed by atoms with Gasteiger partial charge in [0.15, 0.2) is 0 Å². The maximum atomic E-state index is 12.1. The Hall–Kier alpha value is -1.15. The summed E-state index contributed by atoms with van der Waals surface area (Å²) < 4.78 is 6.16. The summed E-state index contributed by atoms with van der Waals surface area (Å²) in [4.78, 5) is 26.0. The molecule has 0 bridgehead atoms. The zero-order valence-electron chi connectivity index (χ0n) is 12.7. The fourth-order valence-corrected chi connectivity index (χ4v) is 3.16. The number of nitrogens with zero attached hydrogens (tertiary/aromatic N) is 1. The molecular formula is C16H21IN2O3. The van der Waals surface area contributed by atoms with Gasteiger partial charge in [-0.25, -0.2) is 0 Å². The molecular weight excluding hydrogens is 395 g/mol. The Balaban J connectivity index is 1.84. The standard InChI is InChI=1S/C16H21IN2O3/c1-2-22-16(21)12-5-4-8-19(10-12)11-15(20)18-14-7-3-6-13(17)9-14/h3,6-7,9,12H,2,4-5,8,10-11H2,1H3,(H,18,20)/t12-/m0/s1. The molecule has 0 aliphatic carbocycles. The average molecular weight is 416 g/mol. The van der Waals surface area contributed by atoms with Crippen LogP contribution < -0.4 is 5.32 Å². The number of halogens is 1. The summed E-state index contributed by atoms with van der Waals surface area (Å²) in [6.07, 6.45) is 1.76. The molecule has 5 nitrogen and oxygen atoms in total. The van der Waals surface area contributed by atoms with Crippen LogP contribution in [0.3, 0.4) is 0 Å². The van der Waals surface area contributed by atoms with Crippen molar-refractivity contribution in [1.82, 2.24) is 4.90 Å². The quantitative estimate of drug-likeness (QED) is 0.592. The molecule has 1 aromatic rings. The molecule has 1 saturated heterocycles. The van der Waals surface area contributed by atoms with Crippen LogP contribution in [0, 0.1) is 9.49 Å². The van der Waals surface area contributed by atoms with Gasteiger partial charge in [-0.05, 0) is 67.1 Å². The Morgan fingerprint density at radius 1 is 1.45 bits per heavy atom. The van der Waals surface area contributed by atoms with Crippen molar-refractivity contribution in [3.8, 4) is 0 Å². The number of piperidine rings is 1. The first-order chi connectivity index (χ1) is 10.6. The number of anilines is 1. The number of esters is 1. The van der Waals surface area contributed by atoms with Crippen LogP contribution in [0.15, 0.2) is 24.3 Å². The Labute approximate surface area is 144 Å². The van der Waals surface area contributed by atoms with Gasteiger partial charge in [0.25, 0.3) is 0 Å². The highest BCUT2D eigenvalue weighted by Crippen LogP contribution is 2.18. The highest BCUT2D eigenvalue weighted by molar-refractivity contribution is 14.1. The number of nitrogens with one attached hydrogen (secondary N) is 1. The zero-order valence-corrected chi connectivity index (χ0v) is 14.8. The van der Waals surface area contributed by atoms with Crippen LogP contribution >= 0.6 is 22.6 Å². The highest BCUT2D eigenvalue weighted by Gasteiger charge is 2.27. The van der Waals surface area contributed by atoms with Gasteiger partial charge in [0.05, 0.1) is 19.1 Å². The van der Waals surface area contributed by atoms with Crippen LogP contribution in [0.1, 0.15) is 19.8 Å². The number of benzene rings is 1. The number of hydrogen-bond donors (Lipinski definition) is 1. The third kappa shape index (κ3) is 5.24. The summed E-state index contributed by atoms with van der Waals surface area (Å²) in [5.41, 5.74) is 0.802. The molecule has 0 spiro atoms. The van der Waals surface area contributed by atoms with Crippen LogP contribution in [-0.2, 0) is 14.3 Å². The summed E-state index contributed by atoms with van der Waals surface area (Å²) in [5.74, 6) is -0.309. The van der Waals surface area contributed by atoms with Gasteiger partial charge in [-0.1, -0.05) is 6.07 Å². The molecule has 120 valence electrons. The summed E-state index contributed by atoms with van der Waals surface area (Å²) in [5, 5.41) is 2.90. The lowest BCUT2D eigenvalue weighted by Gasteiger charge is -2.30. The molecule has 1 N–H and O–H groups in total. The molecule has 1 amide bonds. The Bertz CT molecular complexity index is 536. The SMILES string of the molecule is CCOC(=O)[C@H]1CCCN(CC(=O)Nc2cccc(I)c2)C1.